The summed E-state index contributed by atoms with van der Waals surface area (Å²) >= 11 is 0. The van der Waals surface area contributed by atoms with Crippen molar-refractivity contribution in [3.63, 3.8) is 0 Å². The van der Waals surface area contributed by atoms with Crippen LogP contribution in [0.4, 0.5) is 4.79 Å². The lowest BCUT2D eigenvalue weighted by molar-refractivity contribution is 0.0523. The molecule has 5 nitrogen and oxygen atoms in total. The highest BCUT2D eigenvalue weighted by molar-refractivity contribution is 5.82. The molecule has 3 N–H and O–H groups in total. The van der Waals surface area contributed by atoms with E-state index in [4.69, 9.17) is 4.74 Å². The van der Waals surface area contributed by atoms with Gasteiger partial charge in [-0.3, -0.25) is 0 Å². The lowest BCUT2D eigenvalue weighted by Gasteiger charge is -2.21. The van der Waals surface area contributed by atoms with Gasteiger partial charge in [0.25, 0.3) is 0 Å². The fraction of sp³-hybridized carbons (Fsp3) is 0.450. The minimum atomic E-state index is -1.32. The number of hydrogen-bond acceptors (Lipinski definition) is 4. The normalized spacial score (nSPS) is 20.5. The van der Waals surface area contributed by atoms with Crippen LogP contribution in [0.3, 0.4) is 0 Å². The van der Waals surface area contributed by atoms with Gasteiger partial charge in [0.1, 0.15) is 17.0 Å². The highest BCUT2D eigenvalue weighted by Crippen LogP contribution is 2.40. The van der Waals surface area contributed by atoms with Gasteiger partial charge in [-0.25, -0.2) is 4.79 Å². The summed E-state index contributed by atoms with van der Waals surface area (Å²) in [5, 5.41) is 23.6. The number of nitrogens with one attached hydrogen (secondary N) is 1. The monoisotopic (exact) mass is 345 g/mol. The quantitative estimate of drug-likeness (QED) is 0.768. The molecule has 0 heterocycles. The van der Waals surface area contributed by atoms with Crippen LogP contribution in [0.1, 0.15) is 52.2 Å². The number of alkyl carbamates (subject to hydrolysis) is 1. The molecule has 5 heteroatoms. The van der Waals surface area contributed by atoms with E-state index in [1.165, 1.54) is 0 Å². The van der Waals surface area contributed by atoms with Crippen molar-refractivity contribution in [2.24, 2.45) is 0 Å². The lowest BCUT2D eigenvalue weighted by Crippen LogP contribution is -2.32. The van der Waals surface area contributed by atoms with Gasteiger partial charge in [0, 0.05) is 12.1 Å². The van der Waals surface area contributed by atoms with E-state index in [0.717, 1.165) is 16.7 Å². The first-order valence-corrected chi connectivity index (χ1v) is 8.48. The topological polar surface area (TPSA) is 78.8 Å². The van der Waals surface area contributed by atoms with Crippen LogP contribution < -0.4 is 5.32 Å². The van der Waals surface area contributed by atoms with Gasteiger partial charge in [-0.1, -0.05) is 25.1 Å². The van der Waals surface area contributed by atoms with E-state index in [1.807, 2.05) is 58.0 Å². The lowest BCUT2D eigenvalue weighted by atomic mass is 9.96. The molecule has 1 aromatic rings. The molecule has 25 heavy (non-hydrogen) atoms. The Morgan fingerprint density at radius 3 is 2.56 bits per heavy atom. The molecule has 1 atom stereocenters. The molecule has 1 aromatic carbocycles. The van der Waals surface area contributed by atoms with Gasteiger partial charge in [-0.2, -0.15) is 0 Å². The van der Waals surface area contributed by atoms with E-state index < -0.39 is 17.3 Å². The van der Waals surface area contributed by atoms with Crippen molar-refractivity contribution in [2.75, 3.05) is 0 Å². The van der Waals surface area contributed by atoms with Crippen LogP contribution in [0, 0.1) is 0 Å². The molecule has 0 aliphatic heterocycles. The summed E-state index contributed by atoms with van der Waals surface area (Å²) in [6.45, 7) is 9.29. The number of carbonyl (C=O) groups excluding carboxylic acids is 1. The second-order valence-corrected chi connectivity index (χ2v) is 7.41. The van der Waals surface area contributed by atoms with E-state index in [-0.39, 0.29) is 5.76 Å². The molecular weight excluding hydrogens is 318 g/mol. The first kappa shape index (κ1) is 19.1. The van der Waals surface area contributed by atoms with Crippen molar-refractivity contribution in [2.45, 2.75) is 58.8 Å². The first-order chi connectivity index (χ1) is 11.5. The summed E-state index contributed by atoms with van der Waals surface area (Å²) in [6.07, 6.45) is 2.01. The van der Waals surface area contributed by atoms with Crippen molar-refractivity contribution < 1.29 is 19.7 Å². The molecule has 1 aliphatic rings. The van der Waals surface area contributed by atoms with Crippen LogP contribution in [0.25, 0.3) is 5.57 Å². The molecule has 1 unspecified atom stereocenters. The number of carbonyl (C=O) groups is 1. The molecule has 1 aliphatic carbocycles. The molecule has 0 saturated carbocycles. The Morgan fingerprint density at radius 2 is 2.00 bits per heavy atom. The van der Waals surface area contributed by atoms with Crippen molar-refractivity contribution in [1.82, 2.24) is 5.32 Å². The smallest absolute Gasteiger partial charge is 0.407 e. The van der Waals surface area contributed by atoms with Gasteiger partial charge < -0.3 is 20.3 Å². The molecular formula is C20H27NO4. The summed E-state index contributed by atoms with van der Waals surface area (Å²) in [4.78, 5) is 11.8. The summed E-state index contributed by atoms with van der Waals surface area (Å²) in [5.74, 6) is -0.0402. The SMILES string of the molecule is CCC1=CC(c2cccc(CNC(=O)OC(C)(C)C)c2)=C(O)C1(C)O. The number of ether oxygens (including phenoxy) is 1. The zero-order valence-electron chi connectivity index (χ0n) is 15.5. The van der Waals surface area contributed by atoms with Gasteiger partial charge in [0.2, 0.25) is 0 Å². The number of amides is 1. The van der Waals surface area contributed by atoms with Crippen LogP contribution in [0.5, 0.6) is 0 Å². The minimum absolute atomic E-state index is 0.0402. The van der Waals surface area contributed by atoms with Crippen LogP contribution in [0.2, 0.25) is 0 Å². The zero-order valence-corrected chi connectivity index (χ0v) is 15.5. The summed E-state index contributed by atoms with van der Waals surface area (Å²) in [6, 6.07) is 7.49. The van der Waals surface area contributed by atoms with E-state index >= 15 is 0 Å². The van der Waals surface area contributed by atoms with Crippen LogP contribution >= 0.6 is 0 Å². The fourth-order valence-electron chi connectivity index (χ4n) is 2.80. The van der Waals surface area contributed by atoms with Gasteiger partial charge >= 0.3 is 6.09 Å². The molecule has 0 spiro atoms. The third kappa shape index (κ3) is 4.42. The maximum Gasteiger partial charge on any atom is 0.407 e. The number of allylic oxidation sites excluding steroid dienone is 2. The Bertz CT molecular complexity index is 723. The Morgan fingerprint density at radius 1 is 1.32 bits per heavy atom. The Labute approximate surface area is 149 Å². The fourth-order valence-corrected chi connectivity index (χ4v) is 2.80. The predicted octanol–water partition coefficient (Wildman–Crippen LogP) is 4.08. The van der Waals surface area contributed by atoms with E-state index in [9.17, 15) is 15.0 Å². The molecule has 136 valence electrons. The van der Waals surface area contributed by atoms with E-state index in [0.29, 0.717) is 18.5 Å². The molecule has 0 aromatic heterocycles. The Hall–Kier alpha value is -2.27. The van der Waals surface area contributed by atoms with E-state index in [1.54, 1.807) is 6.92 Å². The highest BCUT2D eigenvalue weighted by Gasteiger charge is 2.37. The van der Waals surface area contributed by atoms with Crippen LogP contribution in [-0.4, -0.2) is 27.5 Å². The van der Waals surface area contributed by atoms with Crippen LogP contribution in [0.15, 0.2) is 41.7 Å². The zero-order chi connectivity index (χ0) is 18.8. The standard InChI is InChI=1S/C20H27NO4/c1-6-15-11-16(17(22)20(15,5)24)14-9-7-8-13(10-14)12-21-18(23)25-19(2,3)4/h7-11,22,24H,6,12H2,1-5H3,(H,21,23). The Kier molecular flexibility index (Phi) is 5.28. The number of rotatable bonds is 4. The predicted molar refractivity (Wildman–Crippen MR) is 98.1 cm³/mol. The van der Waals surface area contributed by atoms with Crippen molar-refractivity contribution in [1.29, 1.82) is 0 Å². The second kappa shape index (κ2) is 6.92. The average molecular weight is 345 g/mol. The molecule has 2 rings (SSSR count). The van der Waals surface area contributed by atoms with Crippen molar-refractivity contribution in [3.05, 3.63) is 52.8 Å². The second-order valence-electron chi connectivity index (χ2n) is 7.41. The number of aliphatic hydroxyl groups is 2. The highest BCUT2D eigenvalue weighted by atomic mass is 16.6. The van der Waals surface area contributed by atoms with Gasteiger partial charge in [0.05, 0.1) is 0 Å². The Balaban J connectivity index is 2.16. The maximum absolute atomic E-state index is 11.8. The number of benzene rings is 1. The molecule has 0 fully saturated rings. The van der Waals surface area contributed by atoms with Gasteiger partial charge in [-0.15, -0.1) is 0 Å². The number of aliphatic hydroxyl groups excluding tert-OH is 1. The third-order valence-corrected chi connectivity index (χ3v) is 4.11. The molecule has 1 amide bonds. The summed E-state index contributed by atoms with van der Waals surface area (Å²) in [7, 11) is 0. The summed E-state index contributed by atoms with van der Waals surface area (Å²) < 4.78 is 5.22. The van der Waals surface area contributed by atoms with Crippen molar-refractivity contribution >= 4 is 11.7 Å². The largest absolute Gasteiger partial charge is 0.508 e. The maximum atomic E-state index is 11.8. The van der Waals surface area contributed by atoms with Crippen LogP contribution in [-0.2, 0) is 11.3 Å². The third-order valence-electron chi connectivity index (χ3n) is 4.11. The van der Waals surface area contributed by atoms with Gasteiger partial charge in [-0.05, 0) is 63.0 Å². The first-order valence-electron chi connectivity index (χ1n) is 8.48. The van der Waals surface area contributed by atoms with Gasteiger partial charge in [0.15, 0.2) is 0 Å². The average Bonchev–Trinajstić information content (AvgIpc) is 2.74. The number of hydrogen-bond donors (Lipinski definition) is 3. The van der Waals surface area contributed by atoms with E-state index in [2.05, 4.69) is 5.32 Å². The molecule has 0 saturated heterocycles. The molecule has 0 bridgehead atoms. The molecule has 0 radical (unpaired) electrons. The minimum Gasteiger partial charge on any atom is -0.508 e. The summed E-state index contributed by atoms with van der Waals surface area (Å²) in [5.41, 5.74) is 1.19. The van der Waals surface area contributed by atoms with Crippen molar-refractivity contribution in [3.8, 4) is 0 Å².